The van der Waals surface area contributed by atoms with Crippen LogP contribution >= 0.6 is 11.6 Å². The fourth-order valence-corrected chi connectivity index (χ4v) is 1.64. The first kappa shape index (κ1) is 11.5. The molecule has 0 atom stereocenters. The van der Waals surface area contributed by atoms with Crippen molar-refractivity contribution in [1.82, 2.24) is 4.98 Å². The Morgan fingerprint density at radius 2 is 1.88 bits per heavy atom. The third kappa shape index (κ3) is 2.77. The second-order valence-electron chi connectivity index (χ2n) is 3.62. The lowest BCUT2D eigenvalue weighted by Crippen LogP contribution is -1.97. The van der Waals surface area contributed by atoms with E-state index in [0.717, 1.165) is 11.3 Å². The van der Waals surface area contributed by atoms with E-state index in [1.807, 2.05) is 37.3 Å². The van der Waals surface area contributed by atoms with E-state index in [1.54, 1.807) is 6.07 Å². The number of nitrogen functional groups attached to an aromatic ring is 1. The first-order valence-electron chi connectivity index (χ1n) is 5.16. The molecule has 0 unspecified atom stereocenters. The van der Waals surface area contributed by atoms with Crippen LogP contribution in [0.1, 0.15) is 17.0 Å². The predicted octanol–water partition coefficient (Wildman–Crippen LogP) is 3.03. The van der Waals surface area contributed by atoms with Gasteiger partial charge in [0, 0.05) is 11.3 Å². The summed E-state index contributed by atoms with van der Waals surface area (Å²) in [6.45, 7) is 1.86. The van der Waals surface area contributed by atoms with Gasteiger partial charge in [0.2, 0.25) is 0 Å². The highest BCUT2D eigenvalue weighted by atomic mass is 35.5. The molecule has 2 rings (SSSR count). The summed E-state index contributed by atoms with van der Waals surface area (Å²) in [6.07, 6.45) is 0. The van der Waals surface area contributed by atoms with Crippen molar-refractivity contribution in [3.05, 3.63) is 58.4 Å². The molecule has 0 spiro atoms. The highest BCUT2D eigenvalue weighted by molar-refractivity contribution is 6.33. The Morgan fingerprint density at radius 1 is 1.18 bits per heavy atom. The summed E-state index contributed by atoms with van der Waals surface area (Å²) >= 11 is 5.97. The molecule has 84 valence electrons. The van der Waals surface area contributed by atoms with Crippen molar-refractivity contribution >= 4 is 17.3 Å². The average Bonchev–Trinajstić information content (AvgIpc) is 2.33. The Balaban J connectivity index is 2.41. The van der Waals surface area contributed by atoms with Crippen LogP contribution in [0.3, 0.4) is 0 Å². The molecule has 0 fully saturated rings. The molecule has 17 heavy (non-hydrogen) atoms. The van der Waals surface area contributed by atoms with E-state index in [-0.39, 0.29) is 0 Å². The third-order valence-electron chi connectivity index (χ3n) is 2.24. The number of anilines is 1. The summed E-state index contributed by atoms with van der Waals surface area (Å²) in [7, 11) is 0. The molecule has 2 aromatic rings. The van der Waals surface area contributed by atoms with E-state index in [9.17, 15) is 0 Å². The standard InChI is InChI=1S/C14H11ClN2/c1-10-9-12(15)14(16)13(17-10)8-7-11-5-3-2-4-6-11/h2-6,9H,16H2,1H3. The van der Waals surface area contributed by atoms with Crippen LogP contribution in [-0.2, 0) is 0 Å². The van der Waals surface area contributed by atoms with Crippen molar-refractivity contribution in [3.63, 3.8) is 0 Å². The van der Waals surface area contributed by atoms with Gasteiger partial charge in [-0.05, 0) is 31.0 Å². The number of nitrogens with zero attached hydrogens (tertiary/aromatic N) is 1. The Bertz CT molecular complexity index is 595. The molecule has 0 saturated carbocycles. The zero-order valence-electron chi connectivity index (χ0n) is 9.37. The Kier molecular flexibility index (Phi) is 3.32. The number of benzene rings is 1. The number of aromatic nitrogens is 1. The van der Waals surface area contributed by atoms with Gasteiger partial charge in [0.05, 0.1) is 10.7 Å². The zero-order valence-corrected chi connectivity index (χ0v) is 10.1. The van der Waals surface area contributed by atoms with Gasteiger partial charge in [0.1, 0.15) is 5.69 Å². The minimum Gasteiger partial charge on any atom is -0.395 e. The van der Waals surface area contributed by atoms with Gasteiger partial charge < -0.3 is 5.73 Å². The number of pyridine rings is 1. The van der Waals surface area contributed by atoms with Gasteiger partial charge >= 0.3 is 0 Å². The van der Waals surface area contributed by atoms with Crippen LogP contribution in [0.5, 0.6) is 0 Å². The topological polar surface area (TPSA) is 38.9 Å². The SMILES string of the molecule is Cc1cc(Cl)c(N)c(C#Cc2ccccc2)n1. The lowest BCUT2D eigenvalue weighted by Gasteiger charge is -2.01. The van der Waals surface area contributed by atoms with Gasteiger partial charge in [-0.1, -0.05) is 35.7 Å². The fraction of sp³-hybridized carbons (Fsp3) is 0.0714. The van der Waals surface area contributed by atoms with Crippen molar-refractivity contribution < 1.29 is 0 Å². The summed E-state index contributed by atoms with van der Waals surface area (Å²) in [4.78, 5) is 4.27. The quantitative estimate of drug-likeness (QED) is 0.722. The van der Waals surface area contributed by atoms with Crippen molar-refractivity contribution in [2.45, 2.75) is 6.92 Å². The normalized spacial score (nSPS) is 9.53. The second kappa shape index (κ2) is 4.90. The molecular weight excluding hydrogens is 232 g/mol. The van der Waals surface area contributed by atoms with E-state index in [1.165, 1.54) is 0 Å². The highest BCUT2D eigenvalue weighted by Crippen LogP contribution is 2.21. The lowest BCUT2D eigenvalue weighted by molar-refractivity contribution is 1.18. The molecule has 2 N–H and O–H groups in total. The molecule has 0 aliphatic rings. The molecule has 3 heteroatoms. The third-order valence-corrected chi connectivity index (χ3v) is 2.55. The number of rotatable bonds is 0. The van der Waals surface area contributed by atoms with E-state index in [0.29, 0.717) is 16.4 Å². The molecule has 0 aliphatic carbocycles. The van der Waals surface area contributed by atoms with E-state index >= 15 is 0 Å². The van der Waals surface area contributed by atoms with Gasteiger partial charge in [-0.25, -0.2) is 4.98 Å². The molecular formula is C14H11ClN2. The molecule has 0 aliphatic heterocycles. The number of hydrogen-bond acceptors (Lipinski definition) is 2. The first-order valence-corrected chi connectivity index (χ1v) is 5.54. The van der Waals surface area contributed by atoms with Crippen LogP contribution in [0, 0.1) is 18.8 Å². The van der Waals surface area contributed by atoms with E-state index in [4.69, 9.17) is 17.3 Å². The summed E-state index contributed by atoms with van der Waals surface area (Å²) in [6, 6.07) is 11.4. The van der Waals surface area contributed by atoms with Crippen LogP contribution in [0.15, 0.2) is 36.4 Å². The zero-order chi connectivity index (χ0) is 12.3. The van der Waals surface area contributed by atoms with Gasteiger partial charge in [0.25, 0.3) is 0 Å². The number of nitrogens with two attached hydrogens (primary N) is 1. The van der Waals surface area contributed by atoms with Crippen LogP contribution < -0.4 is 5.73 Å². The molecule has 0 radical (unpaired) electrons. The summed E-state index contributed by atoms with van der Waals surface area (Å²) in [5.41, 5.74) is 8.51. The monoisotopic (exact) mass is 242 g/mol. The largest absolute Gasteiger partial charge is 0.395 e. The maximum Gasteiger partial charge on any atom is 0.138 e. The summed E-state index contributed by atoms with van der Waals surface area (Å²) in [5, 5.41) is 0.495. The summed E-state index contributed by atoms with van der Waals surface area (Å²) in [5.74, 6) is 5.95. The average molecular weight is 243 g/mol. The molecule has 0 amide bonds. The highest BCUT2D eigenvalue weighted by Gasteiger charge is 2.03. The Morgan fingerprint density at radius 3 is 2.59 bits per heavy atom. The minimum absolute atomic E-state index is 0.431. The van der Waals surface area contributed by atoms with Crippen molar-refractivity contribution in [2.75, 3.05) is 5.73 Å². The first-order chi connectivity index (χ1) is 8.16. The molecule has 2 nitrogen and oxygen atoms in total. The van der Waals surface area contributed by atoms with Crippen LogP contribution in [0.4, 0.5) is 5.69 Å². The van der Waals surface area contributed by atoms with Crippen molar-refractivity contribution in [2.24, 2.45) is 0 Å². The van der Waals surface area contributed by atoms with Crippen molar-refractivity contribution in [3.8, 4) is 11.8 Å². The molecule has 0 bridgehead atoms. The van der Waals surface area contributed by atoms with E-state index < -0.39 is 0 Å². The Labute approximate surface area is 105 Å². The molecule has 1 aromatic heterocycles. The van der Waals surface area contributed by atoms with Crippen LogP contribution in [-0.4, -0.2) is 4.98 Å². The Hall–Kier alpha value is -1.98. The van der Waals surface area contributed by atoms with Gasteiger partial charge in [-0.3, -0.25) is 0 Å². The summed E-state index contributed by atoms with van der Waals surface area (Å²) < 4.78 is 0. The maximum atomic E-state index is 5.97. The maximum absolute atomic E-state index is 5.97. The molecule has 0 saturated heterocycles. The lowest BCUT2D eigenvalue weighted by atomic mass is 10.2. The van der Waals surface area contributed by atoms with Gasteiger partial charge in [-0.15, -0.1) is 0 Å². The van der Waals surface area contributed by atoms with Crippen molar-refractivity contribution in [1.29, 1.82) is 0 Å². The number of halogens is 1. The number of hydrogen-bond donors (Lipinski definition) is 1. The fourth-order valence-electron chi connectivity index (χ4n) is 1.39. The van der Waals surface area contributed by atoms with Crippen LogP contribution in [0.25, 0.3) is 0 Å². The van der Waals surface area contributed by atoms with Crippen LogP contribution in [0.2, 0.25) is 5.02 Å². The second-order valence-corrected chi connectivity index (χ2v) is 4.03. The smallest absolute Gasteiger partial charge is 0.138 e. The van der Waals surface area contributed by atoms with Gasteiger partial charge in [-0.2, -0.15) is 0 Å². The van der Waals surface area contributed by atoms with E-state index in [2.05, 4.69) is 16.8 Å². The minimum atomic E-state index is 0.431. The predicted molar refractivity (Wildman–Crippen MR) is 70.8 cm³/mol. The number of aryl methyl sites for hydroxylation is 1. The molecule has 1 heterocycles. The van der Waals surface area contributed by atoms with Gasteiger partial charge in [0.15, 0.2) is 0 Å². The molecule has 1 aromatic carbocycles.